The van der Waals surface area contributed by atoms with Crippen LogP contribution in [0.2, 0.25) is 0 Å². The average Bonchev–Trinajstić information content (AvgIpc) is 2.44. The Morgan fingerprint density at radius 2 is 2.30 bits per heavy atom. The molecular formula is C13H18FN3O3. The first kappa shape index (κ1) is 15.7. The van der Waals surface area contributed by atoms with Gasteiger partial charge in [0.05, 0.1) is 13.0 Å². The van der Waals surface area contributed by atoms with E-state index in [9.17, 15) is 9.18 Å². The lowest BCUT2D eigenvalue weighted by Crippen LogP contribution is -2.34. The Morgan fingerprint density at radius 3 is 2.80 bits per heavy atom. The first-order valence-corrected chi connectivity index (χ1v) is 6.15. The van der Waals surface area contributed by atoms with Crippen LogP contribution in [0.4, 0.5) is 10.1 Å². The van der Waals surface area contributed by atoms with Crippen molar-refractivity contribution in [2.75, 3.05) is 12.4 Å². The molecule has 1 amide bonds. The molecule has 0 fully saturated rings. The standard InChI is InChI=1S/C13H18FN3O3/c1-3-4-9(12(15)17-19)13(18)16-8-5-6-11(20-2)10(14)7-8/h5-7,9,19H,3-4H2,1-2H3,(H2,15,17)(H,16,18). The molecule has 0 aliphatic carbocycles. The Labute approximate surface area is 116 Å². The number of nitrogens with zero attached hydrogens (tertiary/aromatic N) is 1. The molecule has 1 atom stereocenters. The lowest BCUT2D eigenvalue weighted by molar-refractivity contribution is -0.118. The van der Waals surface area contributed by atoms with Crippen LogP contribution < -0.4 is 15.8 Å². The number of amides is 1. The predicted octanol–water partition coefficient (Wildman–Crippen LogP) is 1.94. The van der Waals surface area contributed by atoms with Gasteiger partial charge in [0, 0.05) is 11.8 Å². The molecule has 1 aromatic carbocycles. The van der Waals surface area contributed by atoms with Crippen LogP contribution in [0, 0.1) is 11.7 Å². The zero-order valence-electron chi connectivity index (χ0n) is 11.4. The van der Waals surface area contributed by atoms with Gasteiger partial charge >= 0.3 is 0 Å². The van der Waals surface area contributed by atoms with E-state index in [0.29, 0.717) is 12.8 Å². The second-order valence-corrected chi connectivity index (χ2v) is 4.20. The first-order valence-electron chi connectivity index (χ1n) is 6.15. The quantitative estimate of drug-likeness (QED) is 0.321. The maximum atomic E-state index is 13.5. The molecule has 1 unspecified atom stereocenters. The number of methoxy groups -OCH3 is 1. The Hall–Kier alpha value is -2.31. The molecule has 0 radical (unpaired) electrons. The van der Waals surface area contributed by atoms with Crippen LogP contribution >= 0.6 is 0 Å². The van der Waals surface area contributed by atoms with E-state index in [4.69, 9.17) is 15.7 Å². The van der Waals surface area contributed by atoms with E-state index < -0.39 is 17.6 Å². The van der Waals surface area contributed by atoms with E-state index in [1.54, 1.807) is 0 Å². The summed E-state index contributed by atoms with van der Waals surface area (Å²) in [5.74, 6) is -1.87. The van der Waals surface area contributed by atoms with Gasteiger partial charge in [-0.05, 0) is 18.6 Å². The van der Waals surface area contributed by atoms with Gasteiger partial charge in [0.2, 0.25) is 5.91 Å². The minimum Gasteiger partial charge on any atom is -0.494 e. The maximum Gasteiger partial charge on any atom is 0.235 e. The van der Waals surface area contributed by atoms with Crippen molar-refractivity contribution in [3.8, 4) is 5.75 Å². The number of nitrogens with two attached hydrogens (primary N) is 1. The number of halogens is 1. The molecule has 20 heavy (non-hydrogen) atoms. The lowest BCUT2D eigenvalue weighted by Gasteiger charge is -2.15. The molecule has 0 spiro atoms. The molecule has 7 heteroatoms. The summed E-state index contributed by atoms with van der Waals surface area (Å²) in [5.41, 5.74) is 5.76. The summed E-state index contributed by atoms with van der Waals surface area (Å²) in [6.45, 7) is 1.87. The summed E-state index contributed by atoms with van der Waals surface area (Å²) >= 11 is 0. The molecule has 6 nitrogen and oxygen atoms in total. The van der Waals surface area contributed by atoms with Crippen molar-refractivity contribution in [3.63, 3.8) is 0 Å². The lowest BCUT2D eigenvalue weighted by atomic mass is 10.0. The molecule has 1 rings (SSSR count). The molecule has 1 aromatic rings. The molecule has 0 saturated heterocycles. The minimum absolute atomic E-state index is 0.0875. The number of oxime groups is 1. The number of rotatable bonds is 6. The Balaban J connectivity index is 2.85. The van der Waals surface area contributed by atoms with Crippen molar-refractivity contribution >= 4 is 17.4 Å². The number of hydrogen-bond donors (Lipinski definition) is 3. The van der Waals surface area contributed by atoms with Crippen LogP contribution in [-0.4, -0.2) is 24.1 Å². The molecule has 0 heterocycles. The van der Waals surface area contributed by atoms with Crippen LogP contribution in [0.1, 0.15) is 19.8 Å². The number of nitrogens with one attached hydrogen (secondary N) is 1. The minimum atomic E-state index is -0.754. The van der Waals surface area contributed by atoms with Gasteiger partial charge < -0.3 is 21.0 Å². The Morgan fingerprint density at radius 1 is 1.60 bits per heavy atom. The maximum absolute atomic E-state index is 13.5. The van der Waals surface area contributed by atoms with Crippen molar-refractivity contribution in [1.82, 2.24) is 0 Å². The summed E-state index contributed by atoms with van der Waals surface area (Å²) in [6, 6.07) is 4.06. The van der Waals surface area contributed by atoms with Crippen molar-refractivity contribution in [2.24, 2.45) is 16.8 Å². The zero-order chi connectivity index (χ0) is 15.1. The molecule has 4 N–H and O–H groups in total. The number of ether oxygens (including phenoxy) is 1. The third-order valence-corrected chi connectivity index (χ3v) is 2.79. The van der Waals surface area contributed by atoms with Crippen LogP contribution in [0.15, 0.2) is 23.4 Å². The molecule has 110 valence electrons. The third-order valence-electron chi connectivity index (χ3n) is 2.79. The summed E-state index contributed by atoms with van der Waals surface area (Å²) in [4.78, 5) is 12.0. The van der Waals surface area contributed by atoms with Gasteiger partial charge in [-0.15, -0.1) is 0 Å². The van der Waals surface area contributed by atoms with Crippen LogP contribution in [-0.2, 0) is 4.79 Å². The van der Waals surface area contributed by atoms with E-state index in [1.807, 2.05) is 6.92 Å². The van der Waals surface area contributed by atoms with Gasteiger partial charge in [-0.25, -0.2) is 4.39 Å². The van der Waals surface area contributed by atoms with Crippen LogP contribution in [0.3, 0.4) is 0 Å². The SMILES string of the molecule is CCCC(C(=O)Nc1ccc(OC)c(F)c1)C(N)=NO. The van der Waals surface area contributed by atoms with Gasteiger partial charge in [-0.2, -0.15) is 0 Å². The average molecular weight is 283 g/mol. The molecule has 0 aliphatic rings. The van der Waals surface area contributed by atoms with Crippen molar-refractivity contribution in [2.45, 2.75) is 19.8 Å². The normalized spacial score (nSPS) is 12.8. The number of hydrogen-bond acceptors (Lipinski definition) is 4. The predicted molar refractivity (Wildman–Crippen MR) is 73.4 cm³/mol. The summed E-state index contributed by atoms with van der Waals surface area (Å²) < 4.78 is 18.3. The summed E-state index contributed by atoms with van der Waals surface area (Å²) in [5, 5.41) is 14.0. The van der Waals surface area contributed by atoms with Gasteiger partial charge in [-0.1, -0.05) is 18.5 Å². The monoisotopic (exact) mass is 283 g/mol. The van der Waals surface area contributed by atoms with Gasteiger partial charge in [-0.3, -0.25) is 4.79 Å². The van der Waals surface area contributed by atoms with Crippen molar-refractivity contribution in [3.05, 3.63) is 24.0 Å². The number of carbonyl (C=O) groups excluding carboxylic acids is 1. The fraction of sp³-hybridized carbons (Fsp3) is 0.385. The molecule has 0 saturated carbocycles. The number of anilines is 1. The largest absolute Gasteiger partial charge is 0.494 e. The van der Waals surface area contributed by atoms with E-state index in [1.165, 1.54) is 19.2 Å². The van der Waals surface area contributed by atoms with Crippen molar-refractivity contribution in [1.29, 1.82) is 0 Å². The Bertz CT molecular complexity index is 506. The second kappa shape index (κ2) is 7.32. The smallest absolute Gasteiger partial charge is 0.235 e. The Kier molecular flexibility index (Phi) is 5.76. The van der Waals surface area contributed by atoms with E-state index in [0.717, 1.165) is 6.07 Å². The summed E-state index contributed by atoms with van der Waals surface area (Å²) in [7, 11) is 1.35. The number of amidine groups is 1. The topological polar surface area (TPSA) is 96.9 Å². The number of benzene rings is 1. The third kappa shape index (κ3) is 3.84. The van der Waals surface area contributed by atoms with Crippen molar-refractivity contribution < 1.29 is 19.1 Å². The molecule has 0 aromatic heterocycles. The number of carbonyl (C=O) groups is 1. The van der Waals surface area contributed by atoms with Gasteiger partial charge in [0.15, 0.2) is 17.4 Å². The zero-order valence-corrected chi connectivity index (χ0v) is 11.4. The highest BCUT2D eigenvalue weighted by Gasteiger charge is 2.22. The van der Waals surface area contributed by atoms with Crippen LogP contribution in [0.5, 0.6) is 5.75 Å². The second-order valence-electron chi connectivity index (χ2n) is 4.20. The highest BCUT2D eigenvalue weighted by molar-refractivity contribution is 6.07. The van der Waals surface area contributed by atoms with E-state index in [2.05, 4.69) is 10.5 Å². The van der Waals surface area contributed by atoms with Crippen LogP contribution in [0.25, 0.3) is 0 Å². The molecule has 0 aliphatic heterocycles. The highest BCUT2D eigenvalue weighted by atomic mass is 19.1. The highest BCUT2D eigenvalue weighted by Crippen LogP contribution is 2.21. The van der Waals surface area contributed by atoms with Gasteiger partial charge in [0.1, 0.15) is 0 Å². The van der Waals surface area contributed by atoms with Gasteiger partial charge in [0.25, 0.3) is 0 Å². The molecular weight excluding hydrogens is 265 g/mol. The first-order chi connectivity index (χ1) is 9.53. The summed E-state index contributed by atoms with van der Waals surface area (Å²) in [6.07, 6.45) is 1.12. The fourth-order valence-electron chi connectivity index (χ4n) is 1.75. The van der Waals surface area contributed by atoms with E-state index in [-0.39, 0.29) is 17.3 Å². The molecule has 0 bridgehead atoms. The van der Waals surface area contributed by atoms with E-state index >= 15 is 0 Å². The fourth-order valence-corrected chi connectivity index (χ4v) is 1.75.